The van der Waals surface area contributed by atoms with E-state index in [2.05, 4.69) is 0 Å². The van der Waals surface area contributed by atoms with Crippen molar-refractivity contribution in [2.24, 2.45) is 5.92 Å². The monoisotopic (exact) mass is 274 g/mol. The maximum Gasteiger partial charge on any atom is 0.264 e. The molecule has 20 heavy (non-hydrogen) atoms. The van der Waals surface area contributed by atoms with E-state index in [4.69, 9.17) is 9.68 Å². The Kier molecular flexibility index (Phi) is 4.59. The maximum absolute atomic E-state index is 12.2. The van der Waals surface area contributed by atoms with Crippen molar-refractivity contribution < 1.29 is 14.3 Å². The molecule has 2 unspecified atom stereocenters. The molecule has 0 bridgehead atoms. The first kappa shape index (κ1) is 14.4. The second kappa shape index (κ2) is 6.40. The minimum Gasteiger partial charge on any atom is -0.465 e. The van der Waals surface area contributed by atoms with Crippen molar-refractivity contribution in [3.63, 3.8) is 0 Å². The number of aliphatic hydroxyl groups excluding tert-OH is 1. The van der Waals surface area contributed by atoms with E-state index in [1.165, 1.54) is 17.2 Å². The van der Waals surface area contributed by atoms with Gasteiger partial charge in [-0.1, -0.05) is 6.42 Å². The van der Waals surface area contributed by atoms with Gasteiger partial charge in [-0.05, 0) is 25.0 Å². The zero-order valence-corrected chi connectivity index (χ0v) is 11.5. The topological polar surface area (TPSA) is 77.5 Å². The predicted molar refractivity (Wildman–Crippen MR) is 73.3 cm³/mol. The summed E-state index contributed by atoms with van der Waals surface area (Å²) in [6, 6.07) is 5.29. The van der Waals surface area contributed by atoms with Gasteiger partial charge < -0.3 is 14.4 Å². The fraction of sp³-hybridized carbons (Fsp3) is 0.467. The first-order valence-electron chi connectivity index (χ1n) is 6.70. The quantitative estimate of drug-likeness (QED) is 0.671. The summed E-state index contributed by atoms with van der Waals surface area (Å²) < 4.78 is 5.11. The number of nitriles is 1. The molecule has 0 radical (unpaired) electrons. The Morgan fingerprint density at radius 2 is 2.45 bits per heavy atom. The molecule has 1 heterocycles. The lowest BCUT2D eigenvalue weighted by Gasteiger charge is -2.22. The lowest BCUT2D eigenvalue weighted by Crippen LogP contribution is -2.35. The number of carbonyl (C=O) groups excluding carboxylic acids is 1. The molecule has 5 nitrogen and oxygen atoms in total. The molecule has 1 aliphatic carbocycles. The average molecular weight is 274 g/mol. The summed E-state index contributed by atoms with van der Waals surface area (Å²) >= 11 is 0. The molecule has 1 aromatic rings. The standard InChI is InChI=1S/C15H18N2O3/c1-17(10-11-4-2-6-14(11)18)15(19)12(9-16)8-13-5-3-7-20-13/h3,5,7-8,11,14,18H,2,4,6,10H2,1H3/b12-8+. The lowest BCUT2D eigenvalue weighted by atomic mass is 10.1. The van der Waals surface area contributed by atoms with Gasteiger partial charge in [-0.3, -0.25) is 4.79 Å². The molecule has 1 fully saturated rings. The first-order valence-corrected chi connectivity index (χ1v) is 6.70. The van der Waals surface area contributed by atoms with Gasteiger partial charge in [0.25, 0.3) is 5.91 Å². The molecule has 106 valence electrons. The van der Waals surface area contributed by atoms with Crippen molar-refractivity contribution in [3.8, 4) is 6.07 Å². The number of aliphatic hydroxyl groups is 1. The van der Waals surface area contributed by atoms with Crippen LogP contribution in [-0.4, -0.2) is 35.6 Å². The molecule has 1 aromatic heterocycles. The van der Waals surface area contributed by atoms with Gasteiger partial charge in [-0.15, -0.1) is 0 Å². The van der Waals surface area contributed by atoms with Crippen LogP contribution in [0, 0.1) is 17.2 Å². The molecule has 1 aliphatic rings. The van der Waals surface area contributed by atoms with E-state index in [0.29, 0.717) is 12.3 Å². The highest BCUT2D eigenvalue weighted by Gasteiger charge is 2.28. The summed E-state index contributed by atoms with van der Waals surface area (Å²) in [7, 11) is 1.65. The number of rotatable bonds is 4. The normalized spacial score (nSPS) is 22.6. The number of furan rings is 1. The Morgan fingerprint density at radius 1 is 1.65 bits per heavy atom. The number of nitrogens with zero attached hydrogens (tertiary/aromatic N) is 2. The van der Waals surface area contributed by atoms with Gasteiger partial charge >= 0.3 is 0 Å². The highest BCUT2D eigenvalue weighted by atomic mass is 16.3. The SMILES string of the molecule is CN(CC1CCCC1O)C(=O)/C(C#N)=C/c1ccco1. The van der Waals surface area contributed by atoms with Gasteiger partial charge in [0.1, 0.15) is 17.4 Å². The van der Waals surface area contributed by atoms with Gasteiger partial charge in [0.15, 0.2) is 0 Å². The fourth-order valence-electron chi connectivity index (χ4n) is 2.53. The molecular weight excluding hydrogens is 256 g/mol. The molecule has 0 saturated heterocycles. The molecular formula is C15H18N2O3. The number of hydrogen-bond acceptors (Lipinski definition) is 4. The Hall–Kier alpha value is -2.06. The maximum atomic E-state index is 12.2. The van der Waals surface area contributed by atoms with Crippen LogP contribution < -0.4 is 0 Å². The van der Waals surface area contributed by atoms with Crippen molar-refractivity contribution >= 4 is 12.0 Å². The Morgan fingerprint density at radius 3 is 3.00 bits per heavy atom. The molecule has 2 atom stereocenters. The van der Waals surface area contributed by atoms with Crippen molar-refractivity contribution in [2.75, 3.05) is 13.6 Å². The van der Waals surface area contributed by atoms with Crippen LogP contribution >= 0.6 is 0 Å². The molecule has 0 aliphatic heterocycles. The van der Waals surface area contributed by atoms with Crippen LogP contribution in [0.2, 0.25) is 0 Å². The zero-order valence-electron chi connectivity index (χ0n) is 11.5. The highest BCUT2D eigenvalue weighted by Crippen LogP contribution is 2.26. The molecule has 1 saturated carbocycles. The van der Waals surface area contributed by atoms with E-state index in [1.807, 2.05) is 6.07 Å². The lowest BCUT2D eigenvalue weighted by molar-refractivity contribution is -0.126. The Labute approximate surface area is 118 Å². The van der Waals surface area contributed by atoms with E-state index in [9.17, 15) is 9.90 Å². The third-order valence-electron chi connectivity index (χ3n) is 3.65. The van der Waals surface area contributed by atoms with Gasteiger partial charge in [0, 0.05) is 25.6 Å². The minimum absolute atomic E-state index is 0.0370. The number of likely N-dealkylation sites (N-methyl/N-ethyl adjacent to an activating group) is 1. The van der Waals surface area contributed by atoms with Gasteiger partial charge in [-0.25, -0.2) is 0 Å². The summed E-state index contributed by atoms with van der Waals surface area (Å²) in [4.78, 5) is 13.7. The second-order valence-corrected chi connectivity index (χ2v) is 5.13. The summed E-state index contributed by atoms with van der Waals surface area (Å²) in [6.45, 7) is 0.469. The fourth-order valence-corrected chi connectivity index (χ4v) is 2.53. The first-order chi connectivity index (χ1) is 9.61. The van der Waals surface area contributed by atoms with Crippen LogP contribution in [0.15, 0.2) is 28.4 Å². The van der Waals surface area contributed by atoms with E-state index >= 15 is 0 Å². The highest BCUT2D eigenvalue weighted by molar-refractivity contribution is 6.01. The predicted octanol–water partition coefficient (Wildman–Crippen LogP) is 1.81. The van der Waals surface area contributed by atoms with E-state index in [0.717, 1.165) is 19.3 Å². The van der Waals surface area contributed by atoms with E-state index < -0.39 is 0 Å². The summed E-state index contributed by atoms with van der Waals surface area (Å²) in [5.41, 5.74) is 0.0370. The third kappa shape index (κ3) is 3.28. The van der Waals surface area contributed by atoms with Crippen LogP contribution in [0.3, 0.4) is 0 Å². The molecule has 1 N–H and O–H groups in total. The van der Waals surface area contributed by atoms with Crippen molar-refractivity contribution in [3.05, 3.63) is 29.7 Å². The van der Waals surface area contributed by atoms with Crippen molar-refractivity contribution in [2.45, 2.75) is 25.4 Å². The van der Waals surface area contributed by atoms with E-state index in [-0.39, 0.29) is 23.5 Å². The average Bonchev–Trinajstić information content (AvgIpc) is 3.08. The van der Waals surface area contributed by atoms with Crippen LogP contribution in [0.1, 0.15) is 25.0 Å². The summed E-state index contributed by atoms with van der Waals surface area (Å²) in [5.74, 6) is 0.236. The van der Waals surface area contributed by atoms with Crippen LogP contribution in [0.25, 0.3) is 6.08 Å². The van der Waals surface area contributed by atoms with Crippen LogP contribution in [0.4, 0.5) is 0 Å². The smallest absolute Gasteiger partial charge is 0.264 e. The number of carbonyl (C=O) groups is 1. The third-order valence-corrected chi connectivity index (χ3v) is 3.65. The summed E-state index contributed by atoms with van der Waals surface area (Å²) in [5, 5.41) is 18.9. The van der Waals surface area contributed by atoms with Crippen molar-refractivity contribution in [1.29, 1.82) is 5.26 Å². The summed E-state index contributed by atoms with van der Waals surface area (Å²) in [6.07, 6.45) is 5.28. The number of hydrogen-bond donors (Lipinski definition) is 1. The molecule has 5 heteroatoms. The molecule has 1 amide bonds. The Balaban J connectivity index is 2.03. The van der Waals surface area contributed by atoms with Gasteiger partial charge in [0.05, 0.1) is 12.4 Å². The van der Waals surface area contributed by atoms with Crippen LogP contribution in [-0.2, 0) is 4.79 Å². The zero-order chi connectivity index (χ0) is 14.5. The van der Waals surface area contributed by atoms with Crippen molar-refractivity contribution in [1.82, 2.24) is 4.90 Å². The van der Waals surface area contributed by atoms with Crippen LogP contribution in [0.5, 0.6) is 0 Å². The number of amides is 1. The molecule has 2 rings (SSSR count). The second-order valence-electron chi connectivity index (χ2n) is 5.13. The Bertz CT molecular complexity index is 528. The van der Waals surface area contributed by atoms with Gasteiger partial charge in [-0.2, -0.15) is 5.26 Å². The molecule has 0 spiro atoms. The molecule has 0 aromatic carbocycles. The largest absolute Gasteiger partial charge is 0.465 e. The van der Waals surface area contributed by atoms with Gasteiger partial charge in [0.2, 0.25) is 0 Å². The minimum atomic E-state index is -0.344. The van der Waals surface area contributed by atoms with E-state index in [1.54, 1.807) is 19.2 Å².